The first kappa shape index (κ1) is 16.2. The van der Waals surface area contributed by atoms with Crippen LogP contribution >= 0.6 is 12.4 Å². The highest BCUT2D eigenvalue weighted by atomic mass is 35.5. The molecule has 1 N–H and O–H groups in total. The monoisotopic (exact) mass is 312 g/mol. The molecular weight excluding hydrogens is 291 g/mol. The predicted molar refractivity (Wildman–Crippen MR) is 82.8 cm³/mol. The minimum atomic E-state index is -0.237. The molecule has 1 heterocycles. The van der Waals surface area contributed by atoms with Gasteiger partial charge < -0.3 is 10.2 Å². The SMILES string of the molecule is CN(Cc1ccccc1F)C(=O)C1CC12CCNCC2.Cl. The number of nitrogens with zero attached hydrogens (tertiary/aromatic N) is 1. The predicted octanol–water partition coefficient (Wildman–Crippen LogP) is 2.60. The molecule has 2 fully saturated rings. The maximum absolute atomic E-state index is 13.6. The molecule has 1 amide bonds. The third-order valence-electron chi connectivity index (χ3n) is 4.83. The number of carbonyl (C=O) groups is 1. The molecule has 1 aliphatic heterocycles. The largest absolute Gasteiger partial charge is 0.341 e. The van der Waals surface area contributed by atoms with Gasteiger partial charge in [0.2, 0.25) is 5.91 Å². The van der Waals surface area contributed by atoms with Crippen molar-refractivity contribution in [3.63, 3.8) is 0 Å². The maximum Gasteiger partial charge on any atom is 0.226 e. The number of rotatable bonds is 3. The first-order valence-corrected chi connectivity index (χ1v) is 7.31. The quantitative estimate of drug-likeness (QED) is 0.930. The fourth-order valence-electron chi connectivity index (χ4n) is 3.40. The van der Waals surface area contributed by atoms with Crippen molar-refractivity contribution in [3.05, 3.63) is 35.6 Å². The van der Waals surface area contributed by atoms with Gasteiger partial charge in [0.1, 0.15) is 5.82 Å². The van der Waals surface area contributed by atoms with Gasteiger partial charge in [-0.2, -0.15) is 0 Å². The van der Waals surface area contributed by atoms with Gasteiger partial charge in [0, 0.05) is 25.1 Å². The van der Waals surface area contributed by atoms with Gasteiger partial charge in [-0.25, -0.2) is 4.39 Å². The molecule has 21 heavy (non-hydrogen) atoms. The molecule has 0 bridgehead atoms. The molecule has 1 aliphatic carbocycles. The Hall–Kier alpha value is -1.13. The van der Waals surface area contributed by atoms with Crippen molar-refractivity contribution in [2.45, 2.75) is 25.8 Å². The van der Waals surface area contributed by atoms with Gasteiger partial charge in [0.05, 0.1) is 0 Å². The summed E-state index contributed by atoms with van der Waals surface area (Å²) in [5, 5.41) is 3.34. The molecule has 1 aromatic rings. The molecule has 1 atom stereocenters. The summed E-state index contributed by atoms with van der Waals surface area (Å²) in [6, 6.07) is 6.67. The Bertz CT molecular complexity index is 517. The zero-order chi connectivity index (χ0) is 14.2. The van der Waals surface area contributed by atoms with Crippen LogP contribution in [-0.2, 0) is 11.3 Å². The van der Waals surface area contributed by atoms with Crippen LogP contribution in [0.4, 0.5) is 4.39 Å². The summed E-state index contributed by atoms with van der Waals surface area (Å²) in [6.07, 6.45) is 3.20. The standard InChI is InChI=1S/C16H21FN2O.ClH/c1-19(11-12-4-2-3-5-14(12)17)15(20)13-10-16(13)6-8-18-9-7-16;/h2-5,13,18H,6-11H2,1H3;1H. The Morgan fingerprint density at radius 1 is 1.38 bits per heavy atom. The number of halogens is 2. The van der Waals surface area contributed by atoms with Crippen LogP contribution in [0.25, 0.3) is 0 Å². The number of hydrogen-bond acceptors (Lipinski definition) is 2. The third-order valence-corrected chi connectivity index (χ3v) is 4.83. The Balaban J connectivity index is 0.00000161. The van der Waals surface area contributed by atoms with E-state index < -0.39 is 0 Å². The van der Waals surface area contributed by atoms with E-state index in [2.05, 4.69) is 5.32 Å². The first-order chi connectivity index (χ1) is 9.62. The minimum absolute atomic E-state index is 0. The second-order valence-electron chi connectivity index (χ2n) is 6.15. The lowest BCUT2D eigenvalue weighted by Gasteiger charge is -2.25. The Morgan fingerprint density at radius 2 is 2.05 bits per heavy atom. The fourth-order valence-corrected chi connectivity index (χ4v) is 3.40. The number of carbonyl (C=O) groups excluding carboxylic acids is 1. The topological polar surface area (TPSA) is 32.3 Å². The highest BCUT2D eigenvalue weighted by molar-refractivity contribution is 5.85. The van der Waals surface area contributed by atoms with Crippen molar-refractivity contribution >= 4 is 18.3 Å². The number of nitrogens with one attached hydrogen (secondary N) is 1. The van der Waals surface area contributed by atoms with Gasteiger partial charge in [-0.05, 0) is 43.8 Å². The Labute approximate surface area is 131 Å². The summed E-state index contributed by atoms with van der Waals surface area (Å²) in [5.41, 5.74) is 0.828. The van der Waals surface area contributed by atoms with Crippen molar-refractivity contribution in [1.29, 1.82) is 0 Å². The molecule has 3 rings (SSSR count). The Morgan fingerprint density at radius 3 is 2.71 bits per heavy atom. The van der Waals surface area contributed by atoms with Gasteiger partial charge in [-0.15, -0.1) is 12.4 Å². The van der Waals surface area contributed by atoms with Crippen LogP contribution in [0.1, 0.15) is 24.8 Å². The van der Waals surface area contributed by atoms with Crippen molar-refractivity contribution in [1.82, 2.24) is 10.2 Å². The summed E-state index contributed by atoms with van der Waals surface area (Å²) >= 11 is 0. The third kappa shape index (κ3) is 3.22. The summed E-state index contributed by atoms with van der Waals surface area (Å²) in [7, 11) is 1.78. The molecule has 1 saturated heterocycles. The lowest BCUT2D eigenvalue weighted by atomic mass is 9.91. The second-order valence-corrected chi connectivity index (χ2v) is 6.15. The molecule has 1 unspecified atom stereocenters. The highest BCUT2D eigenvalue weighted by Gasteiger charge is 2.58. The Kier molecular flexibility index (Phi) is 4.89. The van der Waals surface area contributed by atoms with Gasteiger partial charge >= 0.3 is 0 Å². The van der Waals surface area contributed by atoms with Crippen LogP contribution in [0.3, 0.4) is 0 Å². The molecule has 1 aromatic carbocycles. The number of benzene rings is 1. The molecule has 1 spiro atoms. The molecule has 2 aliphatic rings. The van der Waals surface area contributed by atoms with E-state index in [1.807, 2.05) is 6.07 Å². The molecule has 0 radical (unpaired) electrons. The van der Waals surface area contributed by atoms with Crippen LogP contribution in [0.5, 0.6) is 0 Å². The number of amides is 1. The number of piperidine rings is 1. The van der Waals surface area contributed by atoms with E-state index in [1.54, 1.807) is 24.1 Å². The zero-order valence-corrected chi connectivity index (χ0v) is 13.1. The van der Waals surface area contributed by atoms with Crippen molar-refractivity contribution in [2.75, 3.05) is 20.1 Å². The van der Waals surface area contributed by atoms with Gasteiger partial charge in [-0.1, -0.05) is 18.2 Å². The van der Waals surface area contributed by atoms with Crippen LogP contribution in [0, 0.1) is 17.2 Å². The van der Waals surface area contributed by atoms with Crippen molar-refractivity contribution < 1.29 is 9.18 Å². The summed E-state index contributed by atoms with van der Waals surface area (Å²) in [4.78, 5) is 14.2. The molecule has 1 saturated carbocycles. The molecule has 116 valence electrons. The average molecular weight is 313 g/mol. The number of hydrogen-bond donors (Lipinski definition) is 1. The van der Waals surface area contributed by atoms with E-state index >= 15 is 0 Å². The van der Waals surface area contributed by atoms with E-state index in [1.165, 1.54) is 6.07 Å². The van der Waals surface area contributed by atoms with Gasteiger partial charge in [-0.3, -0.25) is 4.79 Å². The van der Waals surface area contributed by atoms with Gasteiger partial charge in [0.25, 0.3) is 0 Å². The van der Waals surface area contributed by atoms with Crippen molar-refractivity contribution in [3.8, 4) is 0 Å². The summed E-state index contributed by atoms with van der Waals surface area (Å²) in [5.74, 6) is 0.0936. The van der Waals surface area contributed by atoms with E-state index in [4.69, 9.17) is 0 Å². The van der Waals surface area contributed by atoms with E-state index in [9.17, 15) is 9.18 Å². The average Bonchev–Trinajstić information content (AvgIpc) is 3.14. The summed E-state index contributed by atoms with van der Waals surface area (Å²) < 4.78 is 13.6. The lowest BCUT2D eigenvalue weighted by Crippen LogP contribution is -2.34. The highest BCUT2D eigenvalue weighted by Crippen LogP contribution is 2.59. The lowest BCUT2D eigenvalue weighted by molar-refractivity contribution is -0.132. The van der Waals surface area contributed by atoms with E-state index in [0.29, 0.717) is 12.1 Å². The second kappa shape index (κ2) is 6.32. The smallest absolute Gasteiger partial charge is 0.226 e. The van der Waals surface area contributed by atoms with Crippen molar-refractivity contribution in [2.24, 2.45) is 11.3 Å². The molecular formula is C16H22ClFN2O. The van der Waals surface area contributed by atoms with E-state index in [0.717, 1.165) is 32.4 Å². The van der Waals surface area contributed by atoms with Crippen LogP contribution in [-0.4, -0.2) is 30.9 Å². The minimum Gasteiger partial charge on any atom is -0.341 e. The van der Waals surface area contributed by atoms with Crippen LogP contribution in [0.2, 0.25) is 0 Å². The normalized spacial score (nSPS) is 22.5. The molecule has 5 heteroatoms. The fraction of sp³-hybridized carbons (Fsp3) is 0.562. The first-order valence-electron chi connectivity index (χ1n) is 7.31. The maximum atomic E-state index is 13.6. The molecule has 3 nitrogen and oxygen atoms in total. The summed E-state index contributed by atoms with van der Waals surface area (Å²) in [6.45, 7) is 2.39. The van der Waals surface area contributed by atoms with E-state index in [-0.39, 0.29) is 35.5 Å². The van der Waals surface area contributed by atoms with Gasteiger partial charge in [0.15, 0.2) is 0 Å². The molecule has 0 aromatic heterocycles. The van der Waals surface area contributed by atoms with Crippen LogP contribution < -0.4 is 5.32 Å². The zero-order valence-electron chi connectivity index (χ0n) is 12.3. The van der Waals surface area contributed by atoms with Crippen LogP contribution in [0.15, 0.2) is 24.3 Å².